The lowest BCUT2D eigenvalue weighted by Crippen LogP contribution is -2.40. The number of hydrogen-bond donors (Lipinski definition) is 0. The van der Waals surface area contributed by atoms with E-state index in [0.717, 1.165) is 5.56 Å². The minimum atomic E-state index is -4.64. The molecule has 0 saturated carbocycles. The molecule has 0 aliphatic carbocycles. The molecule has 26 heavy (non-hydrogen) atoms. The minimum absolute atomic E-state index is 0.0272. The van der Waals surface area contributed by atoms with E-state index in [0.29, 0.717) is 31.7 Å². The number of amides is 1. The highest BCUT2D eigenvalue weighted by Gasteiger charge is 2.39. The highest BCUT2D eigenvalue weighted by Crippen LogP contribution is 2.32. The second-order valence-corrected chi connectivity index (χ2v) is 6.15. The number of rotatable bonds is 4. The first kappa shape index (κ1) is 18.2. The second-order valence-electron chi connectivity index (χ2n) is 6.15. The van der Waals surface area contributed by atoms with Gasteiger partial charge in [-0.05, 0) is 31.4 Å². The summed E-state index contributed by atoms with van der Waals surface area (Å²) in [6, 6.07) is 7.40. The maximum absolute atomic E-state index is 12.5. The Morgan fingerprint density at radius 1 is 1.27 bits per heavy atom. The van der Waals surface area contributed by atoms with E-state index in [1.807, 2.05) is 25.1 Å². The van der Waals surface area contributed by atoms with Crippen LogP contribution in [0.3, 0.4) is 0 Å². The minimum Gasteiger partial charge on any atom is -0.484 e. The Kier molecular flexibility index (Phi) is 5.15. The van der Waals surface area contributed by atoms with Crippen molar-refractivity contribution in [3.63, 3.8) is 0 Å². The topological polar surface area (TPSA) is 68.5 Å². The number of alkyl halides is 3. The lowest BCUT2D eigenvalue weighted by atomic mass is 9.97. The molecule has 0 N–H and O–H groups in total. The zero-order valence-electron chi connectivity index (χ0n) is 14.1. The highest BCUT2D eigenvalue weighted by atomic mass is 19.4. The number of likely N-dealkylation sites (tertiary alicyclic amines) is 1. The molecule has 0 atom stereocenters. The molecule has 1 amide bonds. The van der Waals surface area contributed by atoms with E-state index >= 15 is 0 Å². The van der Waals surface area contributed by atoms with Crippen LogP contribution < -0.4 is 4.74 Å². The van der Waals surface area contributed by atoms with Gasteiger partial charge in [-0.3, -0.25) is 4.79 Å². The summed E-state index contributed by atoms with van der Waals surface area (Å²) in [6.07, 6.45) is -3.71. The Labute approximate surface area is 148 Å². The molecule has 2 aromatic rings. The van der Waals surface area contributed by atoms with Crippen LogP contribution in [-0.4, -0.2) is 40.7 Å². The van der Waals surface area contributed by atoms with E-state index in [1.54, 1.807) is 11.0 Å². The van der Waals surface area contributed by atoms with Crippen molar-refractivity contribution >= 4 is 5.91 Å². The van der Waals surface area contributed by atoms with Crippen molar-refractivity contribution in [1.82, 2.24) is 15.1 Å². The number of piperidine rings is 1. The summed E-state index contributed by atoms with van der Waals surface area (Å²) in [5, 5.41) is 6.54. The van der Waals surface area contributed by atoms with Crippen LogP contribution in [0.2, 0.25) is 0 Å². The summed E-state index contributed by atoms with van der Waals surface area (Å²) in [5.74, 6) is -1.15. The molecule has 0 spiro atoms. The van der Waals surface area contributed by atoms with Gasteiger partial charge in [0.15, 0.2) is 6.61 Å². The Balaban J connectivity index is 1.51. The molecule has 1 aliphatic rings. The highest BCUT2D eigenvalue weighted by molar-refractivity contribution is 5.77. The zero-order chi connectivity index (χ0) is 18.7. The molecular formula is C17H18F3N3O3. The van der Waals surface area contributed by atoms with E-state index in [2.05, 4.69) is 10.2 Å². The van der Waals surface area contributed by atoms with Crippen molar-refractivity contribution in [3.05, 3.63) is 41.6 Å². The Bertz CT molecular complexity index is 768. The number of para-hydroxylation sites is 1. The summed E-state index contributed by atoms with van der Waals surface area (Å²) < 4.78 is 47.9. The van der Waals surface area contributed by atoms with Gasteiger partial charge in [0.05, 0.1) is 0 Å². The standard InChI is InChI=1S/C17H18F3N3O3/c1-11-4-2-3-5-13(11)25-10-14(24)23-8-6-12(7-9-23)15-21-22-16(26-15)17(18,19)20/h2-5,12H,6-10H2,1H3. The fourth-order valence-corrected chi connectivity index (χ4v) is 2.84. The van der Waals surface area contributed by atoms with Gasteiger partial charge in [-0.1, -0.05) is 18.2 Å². The Hall–Kier alpha value is -2.58. The van der Waals surface area contributed by atoms with Crippen molar-refractivity contribution < 1.29 is 27.1 Å². The van der Waals surface area contributed by atoms with Gasteiger partial charge < -0.3 is 14.1 Å². The third kappa shape index (κ3) is 4.14. The quantitative estimate of drug-likeness (QED) is 0.828. The van der Waals surface area contributed by atoms with E-state index < -0.39 is 12.1 Å². The van der Waals surface area contributed by atoms with Crippen LogP contribution in [0.25, 0.3) is 0 Å². The predicted octanol–water partition coefficient (Wildman–Crippen LogP) is 3.18. The average molecular weight is 369 g/mol. The van der Waals surface area contributed by atoms with Crippen LogP contribution in [0, 0.1) is 6.92 Å². The summed E-state index contributed by atoms with van der Waals surface area (Å²) in [4.78, 5) is 13.9. The van der Waals surface area contributed by atoms with Gasteiger partial charge in [-0.15, -0.1) is 10.2 Å². The third-order valence-corrected chi connectivity index (χ3v) is 4.32. The van der Waals surface area contributed by atoms with Gasteiger partial charge in [-0.2, -0.15) is 13.2 Å². The van der Waals surface area contributed by atoms with Crippen LogP contribution in [0.4, 0.5) is 13.2 Å². The first-order valence-electron chi connectivity index (χ1n) is 8.21. The summed E-state index contributed by atoms with van der Waals surface area (Å²) in [6.45, 7) is 2.63. The van der Waals surface area contributed by atoms with E-state index in [9.17, 15) is 18.0 Å². The molecule has 6 nitrogen and oxygen atoms in total. The monoisotopic (exact) mass is 369 g/mol. The number of carbonyl (C=O) groups excluding carboxylic acids is 1. The fourth-order valence-electron chi connectivity index (χ4n) is 2.84. The number of benzene rings is 1. The molecular weight excluding hydrogens is 351 g/mol. The zero-order valence-corrected chi connectivity index (χ0v) is 14.1. The van der Waals surface area contributed by atoms with Crippen molar-refractivity contribution in [2.75, 3.05) is 19.7 Å². The molecule has 1 fully saturated rings. The summed E-state index contributed by atoms with van der Waals surface area (Å²) in [5.41, 5.74) is 0.941. The molecule has 0 unspecified atom stereocenters. The van der Waals surface area contributed by atoms with Gasteiger partial charge in [-0.25, -0.2) is 0 Å². The van der Waals surface area contributed by atoms with Crippen molar-refractivity contribution in [3.8, 4) is 5.75 Å². The molecule has 9 heteroatoms. The average Bonchev–Trinajstić information content (AvgIpc) is 3.11. The van der Waals surface area contributed by atoms with Crippen LogP contribution in [-0.2, 0) is 11.0 Å². The number of aromatic nitrogens is 2. The van der Waals surface area contributed by atoms with Crippen LogP contribution >= 0.6 is 0 Å². The largest absolute Gasteiger partial charge is 0.484 e. The van der Waals surface area contributed by atoms with Crippen LogP contribution in [0.1, 0.15) is 36.1 Å². The van der Waals surface area contributed by atoms with Gasteiger partial charge >= 0.3 is 12.1 Å². The summed E-state index contributed by atoms with van der Waals surface area (Å²) in [7, 11) is 0. The van der Waals surface area contributed by atoms with Gasteiger partial charge in [0.2, 0.25) is 5.89 Å². The molecule has 2 heterocycles. The maximum atomic E-state index is 12.5. The number of halogens is 3. The molecule has 3 rings (SSSR count). The van der Waals surface area contributed by atoms with Gasteiger partial charge in [0, 0.05) is 19.0 Å². The van der Waals surface area contributed by atoms with Crippen LogP contribution in [0.5, 0.6) is 5.75 Å². The molecule has 0 radical (unpaired) electrons. The van der Waals surface area contributed by atoms with Crippen molar-refractivity contribution in [2.24, 2.45) is 0 Å². The lowest BCUT2D eigenvalue weighted by molar-refractivity contribution is -0.157. The fraction of sp³-hybridized carbons (Fsp3) is 0.471. The molecule has 1 saturated heterocycles. The second kappa shape index (κ2) is 7.35. The molecule has 0 bridgehead atoms. The number of carbonyl (C=O) groups is 1. The van der Waals surface area contributed by atoms with E-state index in [1.165, 1.54) is 0 Å². The third-order valence-electron chi connectivity index (χ3n) is 4.32. The van der Waals surface area contributed by atoms with Gasteiger partial charge in [0.25, 0.3) is 5.91 Å². The molecule has 140 valence electrons. The van der Waals surface area contributed by atoms with Gasteiger partial charge in [0.1, 0.15) is 5.75 Å². The maximum Gasteiger partial charge on any atom is 0.470 e. The lowest BCUT2D eigenvalue weighted by Gasteiger charge is -2.30. The molecule has 1 aliphatic heterocycles. The normalized spacial score (nSPS) is 15.9. The predicted molar refractivity (Wildman–Crippen MR) is 84.5 cm³/mol. The number of hydrogen-bond acceptors (Lipinski definition) is 5. The first-order chi connectivity index (χ1) is 12.3. The number of ether oxygens (including phenoxy) is 1. The first-order valence-corrected chi connectivity index (χ1v) is 8.21. The molecule has 1 aromatic heterocycles. The van der Waals surface area contributed by atoms with Crippen molar-refractivity contribution in [2.45, 2.75) is 31.9 Å². The summed E-state index contributed by atoms with van der Waals surface area (Å²) >= 11 is 0. The SMILES string of the molecule is Cc1ccccc1OCC(=O)N1CCC(c2nnc(C(F)(F)F)o2)CC1. The Morgan fingerprint density at radius 2 is 1.96 bits per heavy atom. The number of aryl methyl sites for hydroxylation is 1. The van der Waals surface area contributed by atoms with E-state index in [4.69, 9.17) is 9.15 Å². The van der Waals surface area contributed by atoms with Crippen LogP contribution in [0.15, 0.2) is 28.7 Å². The Morgan fingerprint density at radius 3 is 2.58 bits per heavy atom. The van der Waals surface area contributed by atoms with E-state index in [-0.39, 0.29) is 24.3 Å². The number of nitrogens with zero attached hydrogens (tertiary/aromatic N) is 3. The smallest absolute Gasteiger partial charge is 0.470 e. The molecule has 1 aromatic carbocycles. The van der Waals surface area contributed by atoms with Crippen molar-refractivity contribution in [1.29, 1.82) is 0 Å².